The molecule has 0 radical (unpaired) electrons. The molecule has 2 heteroatoms. The molecule has 0 aliphatic carbocycles. The van der Waals surface area contributed by atoms with E-state index < -0.39 is 0 Å². The molecule has 0 fully saturated rings. The smallest absolute Gasteiger partial charge is 0.118 e. The molecule has 15 heavy (non-hydrogen) atoms. The number of thiophene rings is 1. The summed E-state index contributed by atoms with van der Waals surface area (Å²) in [6.45, 7) is 2.23. The molecular weight excluding hydrogens is 204 g/mol. The summed E-state index contributed by atoms with van der Waals surface area (Å²) < 4.78 is 5.14. The molecule has 1 heterocycles. The van der Waals surface area contributed by atoms with Crippen LogP contribution in [0.15, 0.2) is 41.1 Å². The van der Waals surface area contributed by atoms with Crippen molar-refractivity contribution in [2.75, 3.05) is 7.11 Å². The van der Waals surface area contributed by atoms with Gasteiger partial charge in [0.25, 0.3) is 0 Å². The molecule has 0 aliphatic heterocycles. The van der Waals surface area contributed by atoms with Crippen LogP contribution in [0.5, 0.6) is 5.75 Å². The Morgan fingerprint density at radius 3 is 2.33 bits per heavy atom. The monoisotopic (exact) mass is 218 g/mol. The van der Waals surface area contributed by atoms with Crippen LogP contribution in [0.25, 0.3) is 0 Å². The molecule has 0 bridgehead atoms. The lowest BCUT2D eigenvalue weighted by Crippen LogP contribution is -1.93. The lowest BCUT2D eigenvalue weighted by atomic mass is 9.95. The molecule has 2 aromatic rings. The van der Waals surface area contributed by atoms with Gasteiger partial charge in [-0.1, -0.05) is 19.1 Å². The van der Waals surface area contributed by atoms with Gasteiger partial charge in [-0.25, -0.2) is 0 Å². The van der Waals surface area contributed by atoms with E-state index in [0.717, 1.165) is 5.75 Å². The van der Waals surface area contributed by atoms with Crippen LogP contribution in [0.4, 0.5) is 0 Å². The van der Waals surface area contributed by atoms with Crippen molar-refractivity contribution in [2.24, 2.45) is 0 Å². The highest BCUT2D eigenvalue weighted by Gasteiger charge is 2.08. The lowest BCUT2D eigenvalue weighted by Gasteiger charge is -2.10. The van der Waals surface area contributed by atoms with Crippen LogP contribution in [0.2, 0.25) is 0 Å². The Morgan fingerprint density at radius 2 is 1.80 bits per heavy atom. The summed E-state index contributed by atoms with van der Waals surface area (Å²) in [6.07, 6.45) is 0. The fraction of sp³-hybridized carbons (Fsp3) is 0.231. The maximum atomic E-state index is 5.14. The highest BCUT2D eigenvalue weighted by Crippen LogP contribution is 2.26. The molecule has 0 aliphatic rings. The fourth-order valence-electron chi connectivity index (χ4n) is 1.61. The van der Waals surface area contributed by atoms with Crippen molar-refractivity contribution in [1.29, 1.82) is 0 Å². The Bertz CT molecular complexity index is 403. The van der Waals surface area contributed by atoms with Gasteiger partial charge >= 0.3 is 0 Å². The van der Waals surface area contributed by atoms with E-state index in [1.54, 1.807) is 18.4 Å². The molecule has 1 nitrogen and oxygen atoms in total. The highest BCUT2D eigenvalue weighted by molar-refractivity contribution is 7.08. The van der Waals surface area contributed by atoms with Crippen molar-refractivity contribution in [3.63, 3.8) is 0 Å². The molecule has 0 spiro atoms. The summed E-state index contributed by atoms with van der Waals surface area (Å²) in [5.74, 6) is 1.37. The van der Waals surface area contributed by atoms with Gasteiger partial charge in [0, 0.05) is 5.92 Å². The van der Waals surface area contributed by atoms with Crippen molar-refractivity contribution < 1.29 is 4.74 Å². The van der Waals surface area contributed by atoms with Gasteiger partial charge in [-0.2, -0.15) is 11.3 Å². The van der Waals surface area contributed by atoms with Crippen LogP contribution in [0.3, 0.4) is 0 Å². The molecule has 0 N–H and O–H groups in total. The average molecular weight is 218 g/mol. The number of methoxy groups -OCH3 is 1. The van der Waals surface area contributed by atoms with Gasteiger partial charge < -0.3 is 4.74 Å². The van der Waals surface area contributed by atoms with E-state index in [2.05, 4.69) is 35.9 Å². The van der Waals surface area contributed by atoms with Crippen LogP contribution in [-0.2, 0) is 0 Å². The maximum absolute atomic E-state index is 5.14. The summed E-state index contributed by atoms with van der Waals surface area (Å²) in [7, 11) is 1.69. The third kappa shape index (κ3) is 2.21. The van der Waals surface area contributed by atoms with E-state index >= 15 is 0 Å². The predicted molar refractivity (Wildman–Crippen MR) is 64.8 cm³/mol. The van der Waals surface area contributed by atoms with Gasteiger partial charge in [0.1, 0.15) is 5.75 Å². The molecule has 2 rings (SSSR count). The van der Waals surface area contributed by atoms with Crippen LogP contribution < -0.4 is 4.74 Å². The van der Waals surface area contributed by atoms with Gasteiger partial charge in [0.05, 0.1) is 7.11 Å². The first-order valence-electron chi connectivity index (χ1n) is 4.97. The zero-order valence-corrected chi connectivity index (χ0v) is 9.75. The Labute approximate surface area is 94.3 Å². The second-order valence-corrected chi connectivity index (χ2v) is 4.33. The van der Waals surface area contributed by atoms with Crippen molar-refractivity contribution in [1.82, 2.24) is 0 Å². The normalized spacial score (nSPS) is 12.4. The third-order valence-electron chi connectivity index (χ3n) is 2.66. The second-order valence-electron chi connectivity index (χ2n) is 3.55. The molecule has 1 atom stereocenters. The van der Waals surface area contributed by atoms with Crippen LogP contribution in [-0.4, -0.2) is 7.11 Å². The van der Waals surface area contributed by atoms with Crippen molar-refractivity contribution in [3.05, 3.63) is 52.2 Å². The number of ether oxygens (including phenoxy) is 1. The number of rotatable bonds is 3. The van der Waals surface area contributed by atoms with Gasteiger partial charge in [-0.3, -0.25) is 0 Å². The first-order valence-corrected chi connectivity index (χ1v) is 5.91. The molecule has 0 saturated carbocycles. The van der Waals surface area contributed by atoms with Crippen LogP contribution in [0, 0.1) is 0 Å². The van der Waals surface area contributed by atoms with Gasteiger partial charge in [0.15, 0.2) is 0 Å². The minimum atomic E-state index is 0.460. The van der Waals surface area contributed by atoms with Crippen LogP contribution >= 0.6 is 11.3 Å². The van der Waals surface area contributed by atoms with Crippen molar-refractivity contribution in [3.8, 4) is 5.75 Å². The highest BCUT2D eigenvalue weighted by atomic mass is 32.1. The Morgan fingerprint density at radius 1 is 1.07 bits per heavy atom. The minimum absolute atomic E-state index is 0.460. The average Bonchev–Trinajstić information content (AvgIpc) is 2.82. The maximum Gasteiger partial charge on any atom is 0.118 e. The van der Waals surface area contributed by atoms with E-state index in [-0.39, 0.29) is 0 Å². The Balaban J connectivity index is 2.22. The third-order valence-corrected chi connectivity index (χ3v) is 3.36. The zero-order valence-electron chi connectivity index (χ0n) is 8.94. The largest absolute Gasteiger partial charge is 0.497 e. The van der Waals surface area contributed by atoms with E-state index in [1.165, 1.54) is 11.1 Å². The Hall–Kier alpha value is -1.28. The lowest BCUT2D eigenvalue weighted by molar-refractivity contribution is 0.414. The summed E-state index contributed by atoms with van der Waals surface area (Å²) in [5, 5.41) is 4.32. The molecule has 0 unspecified atom stereocenters. The molecule has 1 aromatic carbocycles. The summed E-state index contributed by atoms with van der Waals surface area (Å²) in [4.78, 5) is 0. The van der Waals surface area contributed by atoms with E-state index in [4.69, 9.17) is 4.74 Å². The quantitative estimate of drug-likeness (QED) is 0.759. The molecule has 1 aromatic heterocycles. The van der Waals surface area contributed by atoms with Gasteiger partial charge in [0.2, 0.25) is 0 Å². The zero-order chi connectivity index (χ0) is 10.7. The van der Waals surface area contributed by atoms with E-state index in [9.17, 15) is 0 Å². The van der Waals surface area contributed by atoms with Crippen molar-refractivity contribution >= 4 is 11.3 Å². The number of hydrogen-bond acceptors (Lipinski definition) is 2. The summed E-state index contributed by atoms with van der Waals surface area (Å²) in [6, 6.07) is 10.5. The Kier molecular flexibility index (Phi) is 3.07. The predicted octanol–water partition coefficient (Wildman–Crippen LogP) is 3.91. The SMILES string of the molecule is COc1ccc([C@@H](C)c2ccsc2)cc1. The van der Waals surface area contributed by atoms with Crippen LogP contribution in [0.1, 0.15) is 24.0 Å². The summed E-state index contributed by atoms with van der Waals surface area (Å²) in [5.41, 5.74) is 2.71. The standard InChI is InChI=1S/C13H14OS/c1-10(12-7-8-15-9-12)11-3-5-13(14-2)6-4-11/h3-10H,1-2H3/t10-/m1/s1. The first kappa shape index (κ1) is 10.2. The van der Waals surface area contributed by atoms with Crippen molar-refractivity contribution in [2.45, 2.75) is 12.8 Å². The number of hydrogen-bond donors (Lipinski definition) is 0. The number of benzene rings is 1. The van der Waals surface area contributed by atoms with E-state index in [0.29, 0.717) is 5.92 Å². The summed E-state index contributed by atoms with van der Waals surface area (Å²) >= 11 is 1.75. The van der Waals surface area contributed by atoms with E-state index in [1.807, 2.05) is 12.1 Å². The topological polar surface area (TPSA) is 9.23 Å². The first-order chi connectivity index (χ1) is 7.31. The second kappa shape index (κ2) is 4.49. The molecule has 0 saturated heterocycles. The minimum Gasteiger partial charge on any atom is -0.497 e. The van der Waals surface area contributed by atoms with Gasteiger partial charge in [-0.05, 0) is 40.1 Å². The molecular formula is C13H14OS. The molecule has 78 valence electrons. The van der Waals surface area contributed by atoms with Gasteiger partial charge in [-0.15, -0.1) is 0 Å². The molecule has 0 amide bonds. The fourth-order valence-corrected chi connectivity index (χ4v) is 2.36.